The van der Waals surface area contributed by atoms with Gasteiger partial charge in [0, 0.05) is 16.3 Å². The molecule has 0 aromatic carbocycles. The van der Waals surface area contributed by atoms with Crippen LogP contribution in [0.3, 0.4) is 0 Å². The van der Waals surface area contributed by atoms with E-state index in [0.717, 1.165) is 0 Å². The maximum atomic E-state index is 5.18. The van der Waals surface area contributed by atoms with Gasteiger partial charge in [0.05, 0.1) is 0 Å². The van der Waals surface area contributed by atoms with Gasteiger partial charge in [0.1, 0.15) is 5.82 Å². The van der Waals surface area contributed by atoms with Crippen molar-refractivity contribution in [3.8, 4) is 0 Å². The summed E-state index contributed by atoms with van der Waals surface area (Å²) in [6, 6.07) is 3.87. The molecule has 1 aromatic rings. The van der Waals surface area contributed by atoms with E-state index in [4.69, 9.17) is 5.84 Å². The lowest BCUT2D eigenvalue weighted by Crippen LogP contribution is -2.07. The molecule has 3 nitrogen and oxygen atoms in total. The molecule has 0 amide bonds. The van der Waals surface area contributed by atoms with Crippen LogP contribution in [0.2, 0.25) is 0 Å². The minimum atomic E-state index is 0.587. The zero-order valence-corrected chi connectivity index (χ0v) is 8.06. The molecular weight excluding hydrogens is 170 g/mol. The number of hydrazine groups is 1. The second-order valence-electron chi connectivity index (χ2n) is 2.69. The van der Waals surface area contributed by atoms with Crippen molar-refractivity contribution in [2.24, 2.45) is 5.84 Å². The predicted molar refractivity (Wildman–Crippen MR) is 53.0 cm³/mol. The first-order chi connectivity index (χ1) is 5.72. The molecule has 0 aliphatic carbocycles. The van der Waals surface area contributed by atoms with Crippen molar-refractivity contribution in [2.75, 3.05) is 5.43 Å². The maximum Gasteiger partial charge on any atom is 0.139 e. The molecule has 0 fully saturated rings. The monoisotopic (exact) mass is 183 g/mol. The Kier molecular flexibility index (Phi) is 3.37. The molecule has 4 heteroatoms. The fourth-order valence-corrected chi connectivity index (χ4v) is 1.61. The number of thioether (sulfide) groups is 1. The average molecular weight is 183 g/mol. The zero-order chi connectivity index (χ0) is 8.97. The van der Waals surface area contributed by atoms with Gasteiger partial charge in [-0.2, -0.15) is 0 Å². The summed E-state index contributed by atoms with van der Waals surface area (Å²) in [6.07, 6.45) is 1.82. The molecule has 1 heterocycles. The van der Waals surface area contributed by atoms with Crippen LogP contribution in [0.1, 0.15) is 13.8 Å². The molecule has 3 N–H and O–H groups in total. The number of aromatic nitrogens is 1. The average Bonchev–Trinajstić information content (AvgIpc) is 2.05. The van der Waals surface area contributed by atoms with Crippen molar-refractivity contribution < 1.29 is 0 Å². The van der Waals surface area contributed by atoms with Crippen LogP contribution < -0.4 is 11.3 Å². The summed E-state index contributed by atoms with van der Waals surface area (Å²) in [5.74, 6) is 5.88. The number of pyridine rings is 1. The summed E-state index contributed by atoms with van der Waals surface area (Å²) >= 11 is 1.79. The summed E-state index contributed by atoms with van der Waals surface area (Å²) in [6.45, 7) is 4.31. The minimum Gasteiger partial charge on any atom is -0.308 e. The van der Waals surface area contributed by atoms with Crippen LogP contribution in [0.5, 0.6) is 0 Å². The van der Waals surface area contributed by atoms with Gasteiger partial charge >= 0.3 is 0 Å². The van der Waals surface area contributed by atoms with E-state index < -0.39 is 0 Å². The van der Waals surface area contributed by atoms with Crippen LogP contribution in [0.15, 0.2) is 23.2 Å². The molecule has 12 heavy (non-hydrogen) atoms. The van der Waals surface area contributed by atoms with Crippen LogP contribution >= 0.6 is 11.8 Å². The minimum absolute atomic E-state index is 0.587. The lowest BCUT2D eigenvalue weighted by molar-refractivity contribution is 1.10. The Balaban J connectivity index is 2.65. The Hall–Kier alpha value is -0.740. The first-order valence-electron chi connectivity index (χ1n) is 3.81. The first kappa shape index (κ1) is 9.35. The summed E-state index contributed by atoms with van der Waals surface area (Å²) in [5, 5.41) is 0.587. The third-order valence-corrected chi connectivity index (χ3v) is 2.24. The Morgan fingerprint density at radius 3 is 2.67 bits per heavy atom. The quantitative estimate of drug-likeness (QED) is 0.427. The lowest BCUT2D eigenvalue weighted by atomic mass is 10.5. The zero-order valence-electron chi connectivity index (χ0n) is 7.24. The van der Waals surface area contributed by atoms with Gasteiger partial charge < -0.3 is 5.43 Å². The highest BCUT2D eigenvalue weighted by Crippen LogP contribution is 2.22. The van der Waals surface area contributed by atoms with E-state index in [1.165, 1.54) is 4.90 Å². The third kappa shape index (κ3) is 2.71. The highest BCUT2D eigenvalue weighted by atomic mass is 32.2. The molecule has 0 saturated carbocycles. The van der Waals surface area contributed by atoms with E-state index in [9.17, 15) is 0 Å². The molecule has 0 aliphatic rings. The molecule has 0 atom stereocenters. The molecule has 0 radical (unpaired) electrons. The van der Waals surface area contributed by atoms with Crippen molar-refractivity contribution in [3.05, 3.63) is 18.3 Å². The lowest BCUT2D eigenvalue weighted by Gasteiger charge is -2.04. The van der Waals surface area contributed by atoms with E-state index in [1.807, 2.05) is 18.3 Å². The number of hydrogen-bond donors (Lipinski definition) is 2. The van der Waals surface area contributed by atoms with Gasteiger partial charge in [0.25, 0.3) is 0 Å². The van der Waals surface area contributed by atoms with Crippen molar-refractivity contribution in [1.82, 2.24) is 4.98 Å². The number of nitrogen functional groups attached to an aromatic ring is 1. The Bertz CT molecular complexity index is 233. The molecule has 66 valence electrons. The van der Waals surface area contributed by atoms with Gasteiger partial charge in [-0.05, 0) is 12.1 Å². The molecule has 0 spiro atoms. The van der Waals surface area contributed by atoms with Gasteiger partial charge in [-0.3, -0.25) is 0 Å². The fraction of sp³-hybridized carbons (Fsp3) is 0.375. The van der Waals surface area contributed by atoms with Crippen LogP contribution in [0.4, 0.5) is 5.82 Å². The SMILES string of the molecule is CC(C)Sc1ccc(NN)nc1. The molecule has 0 bridgehead atoms. The maximum absolute atomic E-state index is 5.18. The van der Waals surface area contributed by atoms with Gasteiger partial charge in [0.2, 0.25) is 0 Å². The van der Waals surface area contributed by atoms with Crippen molar-refractivity contribution in [1.29, 1.82) is 0 Å². The smallest absolute Gasteiger partial charge is 0.139 e. The second kappa shape index (κ2) is 4.33. The number of nitrogens with zero attached hydrogens (tertiary/aromatic N) is 1. The number of rotatable bonds is 3. The van der Waals surface area contributed by atoms with Gasteiger partial charge in [0.15, 0.2) is 0 Å². The number of anilines is 1. The highest BCUT2D eigenvalue weighted by molar-refractivity contribution is 7.99. The van der Waals surface area contributed by atoms with Crippen molar-refractivity contribution >= 4 is 17.6 Å². The second-order valence-corrected chi connectivity index (χ2v) is 4.34. The Morgan fingerprint density at radius 1 is 1.50 bits per heavy atom. The van der Waals surface area contributed by atoms with E-state index in [0.29, 0.717) is 11.1 Å². The van der Waals surface area contributed by atoms with E-state index in [1.54, 1.807) is 11.8 Å². The normalized spacial score (nSPS) is 10.3. The summed E-state index contributed by atoms with van der Waals surface area (Å²) in [7, 11) is 0. The van der Waals surface area contributed by atoms with E-state index in [-0.39, 0.29) is 0 Å². The molecule has 0 unspecified atom stereocenters. The number of nitrogens with two attached hydrogens (primary N) is 1. The molecule has 1 rings (SSSR count). The van der Waals surface area contributed by atoms with Crippen LogP contribution in [0, 0.1) is 0 Å². The largest absolute Gasteiger partial charge is 0.308 e. The van der Waals surface area contributed by atoms with Crippen molar-refractivity contribution in [2.45, 2.75) is 24.0 Å². The van der Waals surface area contributed by atoms with Crippen LogP contribution in [-0.4, -0.2) is 10.2 Å². The van der Waals surface area contributed by atoms with Gasteiger partial charge in [-0.25, -0.2) is 10.8 Å². The van der Waals surface area contributed by atoms with Gasteiger partial charge in [-0.1, -0.05) is 13.8 Å². The highest BCUT2D eigenvalue weighted by Gasteiger charge is 1.97. The number of hydrogen-bond acceptors (Lipinski definition) is 4. The fourth-order valence-electron chi connectivity index (χ4n) is 0.808. The summed E-state index contributed by atoms with van der Waals surface area (Å²) in [5.41, 5.74) is 2.49. The van der Waals surface area contributed by atoms with Crippen LogP contribution in [0.25, 0.3) is 0 Å². The first-order valence-corrected chi connectivity index (χ1v) is 4.69. The molecule has 1 aromatic heterocycles. The topological polar surface area (TPSA) is 50.9 Å². The summed E-state index contributed by atoms with van der Waals surface area (Å²) in [4.78, 5) is 5.26. The summed E-state index contributed by atoms with van der Waals surface area (Å²) < 4.78 is 0. The molecule has 0 saturated heterocycles. The number of nitrogens with one attached hydrogen (secondary N) is 1. The van der Waals surface area contributed by atoms with E-state index in [2.05, 4.69) is 24.3 Å². The predicted octanol–water partition coefficient (Wildman–Crippen LogP) is 1.87. The van der Waals surface area contributed by atoms with E-state index >= 15 is 0 Å². The molecule has 0 aliphatic heterocycles. The Morgan fingerprint density at radius 2 is 2.25 bits per heavy atom. The Labute approximate surface area is 76.7 Å². The molecular formula is C8H13N3S. The van der Waals surface area contributed by atoms with Crippen LogP contribution in [-0.2, 0) is 0 Å². The van der Waals surface area contributed by atoms with Gasteiger partial charge in [-0.15, -0.1) is 11.8 Å². The standard InChI is InChI=1S/C8H13N3S/c1-6(2)12-7-3-4-8(11-9)10-5-7/h3-6H,9H2,1-2H3,(H,10,11). The third-order valence-electron chi connectivity index (χ3n) is 1.26. The van der Waals surface area contributed by atoms with Crippen molar-refractivity contribution in [3.63, 3.8) is 0 Å².